The number of hydrogen-bond acceptors (Lipinski definition) is 3. The summed E-state index contributed by atoms with van der Waals surface area (Å²) in [6.45, 7) is -0.0784. The van der Waals surface area contributed by atoms with Crippen LogP contribution in [0.25, 0.3) is 0 Å². The Morgan fingerprint density at radius 2 is 2.17 bits per heavy atom. The number of halogens is 1. The van der Waals surface area contributed by atoms with Gasteiger partial charge in [-0.1, -0.05) is 30.3 Å². The number of amides is 1. The molecule has 0 saturated carbocycles. The maximum absolute atomic E-state index is 13.2. The topological polar surface area (TPSA) is 49.8 Å². The van der Waals surface area contributed by atoms with Gasteiger partial charge in [0.05, 0.1) is 19.2 Å². The molecule has 1 aliphatic rings. The maximum Gasteiger partial charge on any atom is 0.410 e. The lowest BCUT2D eigenvalue weighted by Crippen LogP contribution is -2.38. The van der Waals surface area contributed by atoms with E-state index in [2.05, 4.69) is 0 Å². The third-order valence-electron chi connectivity index (χ3n) is 3.01. The summed E-state index contributed by atoms with van der Waals surface area (Å²) in [4.78, 5) is 13.0. The van der Waals surface area contributed by atoms with Crippen LogP contribution in [0.4, 0.5) is 9.18 Å². The van der Waals surface area contributed by atoms with E-state index in [0.717, 1.165) is 5.56 Å². The highest BCUT2D eigenvalue weighted by Gasteiger charge is 2.35. The van der Waals surface area contributed by atoms with Crippen molar-refractivity contribution < 1.29 is 19.0 Å². The lowest BCUT2D eigenvalue weighted by molar-refractivity contribution is 0.0787. The second kappa shape index (κ2) is 5.82. The van der Waals surface area contributed by atoms with Crippen LogP contribution in [0, 0.1) is 0 Å². The van der Waals surface area contributed by atoms with Crippen LogP contribution in [0.3, 0.4) is 0 Å². The van der Waals surface area contributed by atoms with Crippen molar-refractivity contribution >= 4 is 6.09 Å². The van der Waals surface area contributed by atoms with Crippen LogP contribution in [0.15, 0.2) is 30.3 Å². The molecule has 98 valence electrons. The fourth-order valence-corrected chi connectivity index (χ4v) is 2.06. The Morgan fingerprint density at radius 3 is 2.83 bits per heavy atom. The molecule has 0 aromatic heterocycles. The van der Waals surface area contributed by atoms with Gasteiger partial charge in [-0.3, -0.25) is 4.90 Å². The predicted octanol–water partition coefficient (Wildman–Crippen LogP) is 1.73. The number of nitrogens with zero attached hydrogens (tertiary/aromatic N) is 1. The highest BCUT2D eigenvalue weighted by molar-refractivity contribution is 5.68. The normalized spacial score (nSPS) is 23.1. The second-order valence-electron chi connectivity index (χ2n) is 4.36. The van der Waals surface area contributed by atoms with Gasteiger partial charge in [0.2, 0.25) is 0 Å². The van der Waals surface area contributed by atoms with Gasteiger partial charge < -0.3 is 9.84 Å². The van der Waals surface area contributed by atoms with E-state index in [9.17, 15) is 9.18 Å². The zero-order chi connectivity index (χ0) is 13.0. The van der Waals surface area contributed by atoms with E-state index >= 15 is 0 Å². The number of alkyl halides is 1. The first kappa shape index (κ1) is 12.8. The molecular formula is C13H16FNO3. The van der Waals surface area contributed by atoms with E-state index in [4.69, 9.17) is 9.84 Å². The molecule has 1 aromatic rings. The number of aliphatic hydroxyl groups is 1. The monoisotopic (exact) mass is 253 g/mol. The molecule has 1 N–H and O–H groups in total. The highest BCUT2D eigenvalue weighted by atomic mass is 19.1. The molecule has 18 heavy (non-hydrogen) atoms. The van der Waals surface area contributed by atoms with Gasteiger partial charge in [0, 0.05) is 6.42 Å². The number of carbonyl (C=O) groups is 1. The van der Waals surface area contributed by atoms with Crippen molar-refractivity contribution in [2.45, 2.75) is 25.2 Å². The lowest BCUT2D eigenvalue weighted by atomic mass is 10.2. The number of aliphatic hydroxyl groups excluding tert-OH is 1. The Hall–Kier alpha value is -1.62. The third kappa shape index (κ3) is 2.98. The van der Waals surface area contributed by atoms with Crippen LogP contribution in [0.2, 0.25) is 0 Å². The van der Waals surface area contributed by atoms with E-state index in [-0.39, 0.29) is 26.2 Å². The van der Waals surface area contributed by atoms with Crippen molar-refractivity contribution in [3.63, 3.8) is 0 Å². The molecule has 0 radical (unpaired) electrons. The van der Waals surface area contributed by atoms with E-state index in [0.29, 0.717) is 0 Å². The van der Waals surface area contributed by atoms with Crippen molar-refractivity contribution in [1.82, 2.24) is 4.90 Å². The molecule has 1 aromatic carbocycles. The number of hydrogen-bond donors (Lipinski definition) is 1. The standard InChI is InChI=1S/C13H16FNO3/c14-11-6-12(8-16)15(7-11)13(17)18-9-10-4-2-1-3-5-10/h1-5,11-12,16H,6-9H2/t11-,12+/m0/s1. The summed E-state index contributed by atoms with van der Waals surface area (Å²) in [6, 6.07) is 8.81. The lowest BCUT2D eigenvalue weighted by Gasteiger charge is -2.21. The smallest absolute Gasteiger partial charge is 0.410 e. The van der Waals surface area contributed by atoms with E-state index in [1.165, 1.54) is 4.90 Å². The first-order chi connectivity index (χ1) is 8.70. The molecule has 0 spiro atoms. The fourth-order valence-electron chi connectivity index (χ4n) is 2.06. The predicted molar refractivity (Wildman–Crippen MR) is 63.7 cm³/mol. The summed E-state index contributed by atoms with van der Waals surface area (Å²) in [5.41, 5.74) is 0.877. The van der Waals surface area contributed by atoms with Gasteiger partial charge in [0.1, 0.15) is 12.8 Å². The molecule has 1 amide bonds. The molecule has 0 unspecified atom stereocenters. The highest BCUT2D eigenvalue weighted by Crippen LogP contribution is 2.21. The van der Waals surface area contributed by atoms with E-state index in [1.807, 2.05) is 30.3 Å². The quantitative estimate of drug-likeness (QED) is 0.892. The van der Waals surface area contributed by atoms with Crippen molar-refractivity contribution in [3.8, 4) is 0 Å². The largest absolute Gasteiger partial charge is 0.445 e. The van der Waals surface area contributed by atoms with Crippen LogP contribution < -0.4 is 0 Å². The van der Waals surface area contributed by atoms with Crippen LogP contribution in [-0.4, -0.2) is 41.5 Å². The van der Waals surface area contributed by atoms with Crippen molar-refractivity contribution in [3.05, 3.63) is 35.9 Å². The molecule has 1 saturated heterocycles. The fraction of sp³-hybridized carbons (Fsp3) is 0.462. The summed E-state index contributed by atoms with van der Waals surface area (Å²) in [5.74, 6) is 0. The number of carbonyl (C=O) groups excluding carboxylic acids is 1. The van der Waals surface area contributed by atoms with E-state index < -0.39 is 18.3 Å². The van der Waals surface area contributed by atoms with Gasteiger partial charge in [-0.2, -0.15) is 0 Å². The summed E-state index contributed by atoms with van der Waals surface area (Å²) >= 11 is 0. The van der Waals surface area contributed by atoms with Crippen LogP contribution in [0.5, 0.6) is 0 Å². The zero-order valence-electron chi connectivity index (χ0n) is 9.96. The first-order valence-electron chi connectivity index (χ1n) is 5.93. The average Bonchev–Trinajstić information content (AvgIpc) is 2.78. The van der Waals surface area contributed by atoms with Gasteiger partial charge in [0.25, 0.3) is 0 Å². The molecule has 1 heterocycles. The number of likely N-dealkylation sites (tertiary alicyclic amines) is 1. The maximum atomic E-state index is 13.2. The van der Waals surface area contributed by atoms with Gasteiger partial charge in [-0.05, 0) is 5.56 Å². The van der Waals surface area contributed by atoms with E-state index in [1.54, 1.807) is 0 Å². The molecular weight excluding hydrogens is 237 g/mol. The number of benzene rings is 1. The first-order valence-corrected chi connectivity index (χ1v) is 5.93. The van der Waals surface area contributed by atoms with Crippen molar-refractivity contribution in [2.24, 2.45) is 0 Å². The second-order valence-corrected chi connectivity index (χ2v) is 4.36. The molecule has 1 fully saturated rings. The van der Waals surface area contributed by atoms with Crippen LogP contribution in [-0.2, 0) is 11.3 Å². The summed E-state index contributed by atoms with van der Waals surface area (Å²) in [7, 11) is 0. The minimum Gasteiger partial charge on any atom is -0.445 e. The van der Waals surface area contributed by atoms with Crippen molar-refractivity contribution in [2.75, 3.05) is 13.2 Å². The third-order valence-corrected chi connectivity index (χ3v) is 3.01. The molecule has 2 rings (SSSR count). The number of ether oxygens (including phenoxy) is 1. The Kier molecular flexibility index (Phi) is 4.15. The SMILES string of the molecule is O=C(OCc1ccccc1)N1C[C@@H](F)C[C@@H]1CO. The molecule has 0 bridgehead atoms. The summed E-state index contributed by atoms with van der Waals surface area (Å²) in [6.07, 6.45) is -1.47. The average molecular weight is 253 g/mol. The molecule has 5 heteroatoms. The van der Waals surface area contributed by atoms with Gasteiger partial charge in [0.15, 0.2) is 0 Å². The molecule has 4 nitrogen and oxygen atoms in total. The molecule has 0 aliphatic carbocycles. The minimum atomic E-state index is -1.08. The van der Waals surface area contributed by atoms with Gasteiger partial charge in [-0.25, -0.2) is 9.18 Å². The van der Waals surface area contributed by atoms with Gasteiger partial charge >= 0.3 is 6.09 Å². The minimum absolute atomic E-state index is 0.00114. The summed E-state index contributed by atoms with van der Waals surface area (Å²) < 4.78 is 18.3. The molecule has 2 atom stereocenters. The Balaban J connectivity index is 1.88. The molecule has 1 aliphatic heterocycles. The Labute approximate surface area is 105 Å². The van der Waals surface area contributed by atoms with Crippen molar-refractivity contribution in [1.29, 1.82) is 0 Å². The van der Waals surface area contributed by atoms with Gasteiger partial charge in [-0.15, -0.1) is 0 Å². The van der Waals surface area contributed by atoms with Crippen LogP contribution in [0.1, 0.15) is 12.0 Å². The van der Waals surface area contributed by atoms with Crippen LogP contribution >= 0.6 is 0 Å². The zero-order valence-corrected chi connectivity index (χ0v) is 9.96. The Bertz CT molecular complexity index is 398. The Morgan fingerprint density at radius 1 is 1.44 bits per heavy atom. The number of rotatable bonds is 3. The summed E-state index contributed by atoms with van der Waals surface area (Å²) in [5, 5.41) is 9.07.